The van der Waals surface area contributed by atoms with Crippen LogP contribution in [0.1, 0.15) is 25.7 Å². The molecule has 1 aliphatic carbocycles. The van der Waals surface area contributed by atoms with Crippen molar-refractivity contribution in [3.05, 3.63) is 0 Å². The Morgan fingerprint density at radius 1 is 1.21 bits per heavy atom. The Kier molecular flexibility index (Phi) is 6.11. The lowest BCUT2D eigenvalue weighted by Crippen LogP contribution is -2.41. The maximum atomic E-state index is 11.6. The Morgan fingerprint density at radius 2 is 1.84 bits per heavy atom. The van der Waals surface area contributed by atoms with Crippen LogP contribution in [0, 0.1) is 5.92 Å². The van der Waals surface area contributed by atoms with Crippen LogP contribution in [0.2, 0.25) is 0 Å². The molecule has 0 aliphatic heterocycles. The summed E-state index contributed by atoms with van der Waals surface area (Å²) >= 11 is 0. The summed E-state index contributed by atoms with van der Waals surface area (Å²) in [4.78, 5) is 34.6. The van der Waals surface area contributed by atoms with Gasteiger partial charge in [-0.2, -0.15) is 0 Å². The van der Waals surface area contributed by atoms with E-state index in [9.17, 15) is 14.4 Å². The molecule has 0 unspecified atom stereocenters. The van der Waals surface area contributed by atoms with Crippen molar-refractivity contribution in [3.63, 3.8) is 0 Å². The van der Waals surface area contributed by atoms with E-state index < -0.39 is 5.97 Å². The number of amides is 3. The number of carbonyl (C=O) groups excluding carboxylic acids is 2. The van der Waals surface area contributed by atoms with Crippen LogP contribution in [-0.2, 0) is 9.59 Å². The van der Waals surface area contributed by atoms with E-state index in [-0.39, 0.29) is 24.3 Å². The van der Waals surface area contributed by atoms with Crippen LogP contribution in [0.3, 0.4) is 0 Å². The van der Waals surface area contributed by atoms with Gasteiger partial charge < -0.3 is 20.6 Å². The molecule has 3 N–H and O–H groups in total. The topological polar surface area (TPSA) is 98.7 Å². The first-order valence-corrected chi connectivity index (χ1v) is 6.49. The molecular weight excluding hydrogens is 250 g/mol. The molecule has 108 valence electrons. The van der Waals surface area contributed by atoms with E-state index in [2.05, 4.69) is 10.6 Å². The third kappa shape index (κ3) is 6.64. The summed E-state index contributed by atoms with van der Waals surface area (Å²) in [5, 5.41) is 13.9. The second-order valence-corrected chi connectivity index (χ2v) is 4.72. The summed E-state index contributed by atoms with van der Waals surface area (Å²) in [6.07, 6.45) is 2.40. The number of nitrogens with zero attached hydrogens (tertiary/aromatic N) is 1. The van der Waals surface area contributed by atoms with Gasteiger partial charge in [0.1, 0.15) is 0 Å². The molecule has 0 aromatic carbocycles. The minimum Gasteiger partial charge on any atom is -0.481 e. The van der Waals surface area contributed by atoms with E-state index >= 15 is 0 Å². The highest BCUT2D eigenvalue weighted by molar-refractivity contribution is 5.80. The predicted molar refractivity (Wildman–Crippen MR) is 68.6 cm³/mol. The zero-order valence-electron chi connectivity index (χ0n) is 11.1. The summed E-state index contributed by atoms with van der Waals surface area (Å²) < 4.78 is 0. The number of aliphatic carboxylic acids is 1. The van der Waals surface area contributed by atoms with Crippen LogP contribution in [0.15, 0.2) is 0 Å². The minimum atomic E-state index is -0.864. The SMILES string of the molecule is CN(CCCC(=O)O)C(=O)NCCNC(=O)C1CC1. The molecule has 0 bridgehead atoms. The van der Waals surface area contributed by atoms with Crippen LogP contribution in [0.4, 0.5) is 4.79 Å². The fraction of sp³-hybridized carbons (Fsp3) is 0.750. The Bertz CT molecular complexity index is 342. The quantitative estimate of drug-likeness (QED) is 0.542. The van der Waals surface area contributed by atoms with Crippen molar-refractivity contribution in [2.45, 2.75) is 25.7 Å². The fourth-order valence-electron chi connectivity index (χ4n) is 1.55. The molecule has 1 aliphatic rings. The van der Waals surface area contributed by atoms with Crippen LogP contribution in [0.25, 0.3) is 0 Å². The monoisotopic (exact) mass is 271 g/mol. The van der Waals surface area contributed by atoms with Crippen molar-refractivity contribution in [2.24, 2.45) is 5.92 Å². The smallest absolute Gasteiger partial charge is 0.317 e. The fourth-order valence-corrected chi connectivity index (χ4v) is 1.55. The Hall–Kier alpha value is -1.79. The second-order valence-electron chi connectivity index (χ2n) is 4.72. The molecule has 0 saturated heterocycles. The van der Waals surface area contributed by atoms with Gasteiger partial charge in [0.15, 0.2) is 0 Å². The van der Waals surface area contributed by atoms with E-state index in [1.54, 1.807) is 7.05 Å². The highest BCUT2D eigenvalue weighted by Gasteiger charge is 2.28. The van der Waals surface area contributed by atoms with Crippen LogP contribution < -0.4 is 10.6 Å². The first-order chi connectivity index (χ1) is 9.00. The number of rotatable bonds is 8. The normalized spacial score (nSPS) is 13.7. The minimum absolute atomic E-state index is 0.0507. The van der Waals surface area contributed by atoms with Crippen molar-refractivity contribution in [2.75, 3.05) is 26.7 Å². The Balaban J connectivity index is 2.02. The first-order valence-electron chi connectivity index (χ1n) is 6.49. The summed E-state index contributed by atoms with van der Waals surface area (Å²) in [7, 11) is 1.61. The first kappa shape index (κ1) is 15.3. The molecular formula is C12H21N3O4. The standard InChI is InChI=1S/C12H21N3O4/c1-15(8-2-3-10(16)17)12(19)14-7-6-13-11(18)9-4-5-9/h9H,2-8H2,1H3,(H,13,18)(H,14,19)(H,16,17). The zero-order valence-corrected chi connectivity index (χ0v) is 11.1. The third-order valence-corrected chi connectivity index (χ3v) is 2.88. The number of carboxylic acid groups (broad SMARTS) is 1. The molecule has 19 heavy (non-hydrogen) atoms. The van der Waals surface area contributed by atoms with Gasteiger partial charge in [-0.25, -0.2) is 4.79 Å². The van der Waals surface area contributed by atoms with Crippen molar-refractivity contribution in [1.29, 1.82) is 0 Å². The van der Waals surface area contributed by atoms with Gasteiger partial charge in [-0.3, -0.25) is 9.59 Å². The van der Waals surface area contributed by atoms with E-state index in [0.717, 1.165) is 12.8 Å². The second kappa shape index (κ2) is 7.60. The highest BCUT2D eigenvalue weighted by atomic mass is 16.4. The predicted octanol–water partition coefficient (Wildman–Crippen LogP) is 0.0188. The third-order valence-electron chi connectivity index (χ3n) is 2.88. The molecule has 0 atom stereocenters. The lowest BCUT2D eigenvalue weighted by Gasteiger charge is -2.17. The molecule has 1 rings (SSSR count). The van der Waals surface area contributed by atoms with Crippen LogP contribution in [-0.4, -0.2) is 54.6 Å². The summed E-state index contributed by atoms with van der Waals surface area (Å²) in [6, 6.07) is -0.258. The van der Waals surface area contributed by atoms with Gasteiger partial charge in [0.05, 0.1) is 0 Å². The number of hydrogen-bond donors (Lipinski definition) is 3. The molecule has 0 spiro atoms. The number of carbonyl (C=O) groups is 3. The van der Waals surface area contributed by atoms with Gasteiger partial charge in [-0.1, -0.05) is 0 Å². The van der Waals surface area contributed by atoms with E-state index in [1.807, 2.05) is 0 Å². The van der Waals surface area contributed by atoms with Crippen LogP contribution in [0.5, 0.6) is 0 Å². The number of urea groups is 1. The van der Waals surface area contributed by atoms with Gasteiger partial charge in [-0.15, -0.1) is 0 Å². The van der Waals surface area contributed by atoms with E-state index in [4.69, 9.17) is 5.11 Å². The molecule has 0 aromatic heterocycles. The van der Waals surface area contributed by atoms with Gasteiger partial charge in [0.2, 0.25) is 5.91 Å². The highest BCUT2D eigenvalue weighted by Crippen LogP contribution is 2.28. The van der Waals surface area contributed by atoms with E-state index in [1.165, 1.54) is 4.90 Å². The molecule has 7 heteroatoms. The molecule has 7 nitrogen and oxygen atoms in total. The molecule has 1 fully saturated rings. The maximum absolute atomic E-state index is 11.6. The van der Waals surface area contributed by atoms with Crippen LogP contribution >= 0.6 is 0 Å². The summed E-state index contributed by atoms with van der Waals surface area (Å²) in [6.45, 7) is 1.19. The number of carboxylic acids is 1. The van der Waals surface area contributed by atoms with Crippen molar-refractivity contribution >= 4 is 17.9 Å². The van der Waals surface area contributed by atoms with Gasteiger partial charge in [0.25, 0.3) is 0 Å². The lowest BCUT2D eigenvalue weighted by atomic mass is 10.3. The van der Waals surface area contributed by atoms with Crippen molar-refractivity contribution in [1.82, 2.24) is 15.5 Å². The van der Waals surface area contributed by atoms with Crippen molar-refractivity contribution in [3.8, 4) is 0 Å². The van der Waals surface area contributed by atoms with E-state index in [0.29, 0.717) is 26.1 Å². The van der Waals surface area contributed by atoms with Gasteiger partial charge >= 0.3 is 12.0 Å². The lowest BCUT2D eigenvalue weighted by molar-refractivity contribution is -0.137. The zero-order chi connectivity index (χ0) is 14.3. The Labute approximate surface area is 112 Å². The average Bonchev–Trinajstić information content (AvgIpc) is 3.17. The molecule has 0 radical (unpaired) electrons. The molecule has 1 saturated carbocycles. The van der Waals surface area contributed by atoms with Gasteiger partial charge in [-0.05, 0) is 19.3 Å². The summed E-state index contributed by atoms with van der Waals surface area (Å²) in [5.41, 5.74) is 0. The molecule has 0 aromatic rings. The molecule has 3 amide bonds. The Morgan fingerprint density at radius 3 is 2.42 bits per heavy atom. The number of nitrogens with one attached hydrogen (secondary N) is 2. The van der Waals surface area contributed by atoms with Gasteiger partial charge in [0, 0.05) is 39.0 Å². The molecule has 0 heterocycles. The van der Waals surface area contributed by atoms with Crippen molar-refractivity contribution < 1.29 is 19.5 Å². The average molecular weight is 271 g/mol. The maximum Gasteiger partial charge on any atom is 0.317 e. The summed E-state index contributed by atoms with van der Waals surface area (Å²) in [5.74, 6) is -0.630. The number of hydrogen-bond acceptors (Lipinski definition) is 3. The largest absolute Gasteiger partial charge is 0.481 e.